The van der Waals surface area contributed by atoms with Crippen LogP contribution in [0.5, 0.6) is 0 Å². The molecule has 2 fully saturated rings. The Bertz CT molecular complexity index is 527. The average molecular weight is 492 g/mol. The first-order valence-corrected chi connectivity index (χ1v) is 9.97. The van der Waals surface area contributed by atoms with E-state index in [9.17, 15) is 4.79 Å². The number of rotatable bonds is 5. The van der Waals surface area contributed by atoms with Gasteiger partial charge in [-0.15, -0.1) is 24.0 Å². The van der Waals surface area contributed by atoms with Gasteiger partial charge >= 0.3 is 0 Å². The van der Waals surface area contributed by atoms with Crippen molar-refractivity contribution in [3.63, 3.8) is 0 Å². The second-order valence-corrected chi connectivity index (χ2v) is 6.99. The summed E-state index contributed by atoms with van der Waals surface area (Å²) in [4.78, 5) is 21.5. The highest BCUT2D eigenvalue weighted by atomic mass is 127. The molecule has 154 valence electrons. The molecule has 0 spiro atoms. The van der Waals surface area contributed by atoms with Crippen LogP contribution in [0.2, 0.25) is 0 Å². The van der Waals surface area contributed by atoms with Gasteiger partial charge in [0.25, 0.3) is 5.91 Å². The topological polar surface area (TPSA) is 66.4 Å². The molecule has 3 heterocycles. The van der Waals surface area contributed by atoms with Crippen LogP contribution in [-0.4, -0.2) is 86.9 Å². The maximum absolute atomic E-state index is 12.5. The van der Waals surface area contributed by atoms with Crippen LogP contribution in [0, 0.1) is 0 Å². The summed E-state index contributed by atoms with van der Waals surface area (Å²) >= 11 is 0. The van der Waals surface area contributed by atoms with Gasteiger partial charge in [0.2, 0.25) is 0 Å². The summed E-state index contributed by atoms with van der Waals surface area (Å²) in [5, 5.41) is 3.39. The van der Waals surface area contributed by atoms with Crippen molar-refractivity contribution in [2.75, 3.05) is 59.1 Å². The van der Waals surface area contributed by atoms with Gasteiger partial charge in [0.15, 0.2) is 5.96 Å². The standard InChI is InChI=1S/C19H32N4O3.HI/c1-2-20-19(21-8-5-16-6-14-25-15-7-16)23-11-9-22(10-12-23)18(24)17-4-3-13-26-17;/h6,17H,2-5,7-15H2,1H3,(H,20,21);1H. The Hall–Kier alpha value is -0.870. The Morgan fingerprint density at radius 1 is 1.26 bits per heavy atom. The Kier molecular flexibility index (Phi) is 9.84. The van der Waals surface area contributed by atoms with Crippen molar-refractivity contribution in [1.82, 2.24) is 15.1 Å². The number of piperazine rings is 1. The largest absolute Gasteiger partial charge is 0.377 e. The first-order chi connectivity index (χ1) is 12.8. The van der Waals surface area contributed by atoms with E-state index in [1.807, 2.05) is 4.90 Å². The number of halogens is 1. The molecule has 3 aliphatic rings. The summed E-state index contributed by atoms with van der Waals surface area (Å²) in [5.74, 6) is 1.12. The molecule has 1 unspecified atom stereocenters. The van der Waals surface area contributed by atoms with Crippen molar-refractivity contribution in [3.8, 4) is 0 Å². The number of nitrogens with one attached hydrogen (secondary N) is 1. The minimum absolute atomic E-state index is 0. The Morgan fingerprint density at radius 3 is 2.67 bits per heavy atom. The molecule has 8 heteroatoms. The summed E-state index contributed by atoms with van der Waals surface area (Å²) in [6.07, 6.45) is 5.85. The summed E-state index contributed by atoms with van der Waals surface area (Å²) in [6, 6.07) is 0. The molecule has 27 heavy (non-hydrogen) atoms. The van der Waals surface area contributed by atoms with Crippen LogP contribution in [0.1, 0.15) is 32.6 Å². The molecule has 0 bridgehead atoms. The van der Waals surface area contributed by atoms with Crippen molar-refractivity contribution in [2.24, 2.45) is 4.99 Å². The zero-order valence-corrected chi connectivity index (χ0v) is 18.7. The fourth-order valence-corrected chi connectivity index (χ4v) is 3.64. The SMILES string of the molecule is CCNC(=NCCC1=CCOCC1)N1CCN(C(=O)C2CCCO2)CC1.I. The second kappa shape index (κ2) is 11.9. The van der Waals surface area contributed by atoms with Crippen LogP contribution in [0.3, 0.4) is 0 Å². The molecule has 1 amide bonds. The lowest BCUT2D eigenvalue weighted by atomic mass is 10.1. The van der Waals surface area contributed by atoms with E-state index < -0.39 is 0 Å². The Labute approximate surface area is 179 Å². The Morgan fingerprint density at radius 2 is 2.04 bits per heavy atom. The van der Waals surface area contributed by atoms with E-state index in [0.29, 0.717) is 0 Å². The number of guanidine groups is 1. The average Bonchev–Trinajstić information content (AvgIpc) is 3.23. The van der Waals surface area contributed by atoms with Crippen LogP contribution in [0.15, 0.2) is 16.6 Å². The first kappa shape index (κ1) is 22.4. The summed E-state index contributed by atoms with van der Waals surface area (Å²) in [7, 11) is 0. The van der Waals surface area contributed by atoms with Crippen LogP contribution in [-0.2, 0) is 14.3 Å². The van der Waals surface area contributed by atoms with Gasteiger partial charge in [-0.3, -0.25) is 9.79 Å². The van der Waals surface area contributed by atoms with Crippen LogP contribution < -0.4 is 5.32 Å². The third-order valence-electron chi connectivity index (χ3n) is 5.18. The van der Waals surface area contributed by atoms with Crippen molar-refractivity contribution in [3.05, 3.63) is 11.6 Å². The third-order valence-corrected chi connectivity index (χ3v) is 5.18. The van der Waals surface area contributed by atoms with E-state index in [1.54, 1.807) is 0 Å². The molecule has 0 aromatic carbocycles. The lowest BCUT2D eigenvalue weighted by Crippen LogP contribution is -2.55. The minimum atomic E-state index is -0.212. The summed E-state index contributed by atoms with van der Waals surface area (Å²) in [5.41, 5.74) is 1.45. The quantitative estimate of drug-likeness (QED) is 0.274. The number of nitrogens with zero attached hydrogens (tertiary/aromatic N) is 3. The lowest BCUT2D eigenvalue weighted by molar-refractivity contribution is -0.142. The fraction of sp³-hybridized carbons (Fsp3) is 0.789. The molecular weight excluding hydrogens is 459 g/mol. The predicted molar refractivity (Wildman–Crippen MR) is 117 cm³/mol. The summed E-state index contributed by atoms with van der Waals surface area (Å²) in [6.45, 7) is 9.15. The zero-order chi connectivity index (χ0) is 18.2. The summed E-state index contributed by atoms with van der Waals surface area (Å²) < 4.78 is 10.9. The monoisotopic (exact) mass is 492 g/mol. The molecule has 7 nitrogen and oxygen atoms in total. The number of aliphatic imine (C=N–C) groups is 1. The molecule has 3 aliphatic heterocycles. The normalized spacial score (nSPS) is 23.7. The maximum atomic E-state index is 12.5. The number of carbonyl (C=O) groups is 1. The van der Waals surface area contributed by atoms with Gasteiger partial charge in [-0.2, -0.15) is 0 Å². The highest BCUT2D eigenvalue weighted by molar-refractivity contribution is 14.0. The molecule has 1 atom stereocenters. The number of hydrogen-bond acceptors (Lipinski definition) is 4. The van der Waals surface area contributed by atoms with Crippen LogP contribution >= 0.6 is 24.0 Å². The van der Waals surface area contributed by atoms with Crippen LogP contribution in [0.25, 0.3) is 0 Å². The first-order valence-electron chi connectivity index (χ1n) is 9.97. The molecule has 0 aromatic heterocycles. The van der Waals surface area contributed by atoms with Gasteiger partial charge in [0.05, 0.1) is 13.2 Å². The predicted octanol–water partition coefficient (Wildman–Crippen LogP) is 1.63. The lowest BCUT2D eigenvalue weighted by Gasteiger charge is -2.37. The van der Waals surface area contributed by atoms with Crippen molar-refractivity contribution in [1.29, 1.82) is 0 Å². The third kappa shape index (κ3) is 6.60. The highest BCUT2D eigenvalue weighted by Crippen LogP contribution is 2.16. The number of carbonyl (C=O) groups excluding carboxylic acids is 1. The van der Waals surface area contributed by atoms with Gasteiger partial charge in [-0.1, -0.05) is 11.6 Å². The van der Waals surface area contributed by atoms with Gasteiger partial charge < -0.3 is 24.6 Å². The molecule has 0 aliphatic carbocycles. The minimum Gasteiger partial charge on any atom is -0.377 e. The van der Waals surface area contributed by atoms with E-state index in [2.05, 4.69) is 23.2 Å². The van der Waals surface area contributed by atoms with E-state index in [-0.39, 0.29) is 36.0 Å². The van der Waals surface area contributed by atoms with E-state index in [4.69, 9.17) is 14.5 Å². The Balaban J connectivity index is 0.00000261. The van der Waals surface area contributed by atoms with Gasteiger partial charge in [-0.25, -0.2) is 0 Å². The molecule has 1 N–H and O–H groups in total. The molecule has 0 saturated carbocycles. The highest BCUT2D eigenvalue weighted by Gasteiger charge is 2.30. The van der Waals surface area contributed by atoms with Gasteiger partial charge in [-0.05, 0) is 32.6 Å². The van der Waals surface area contributed by atoms with Crippen LogP contribution in [0.4, 0.5) is 0 Å². The molecule has 2 saturated heterocycles. The number of amides is 1. The molecule has 0 radical (unpaired) electrons. The molecule has 3 rings (SSSR count). The number of hydrogen-bond donors (Lipinski definition) is 1. The molecule has 0 aromatic rings. The fourth-order valence-electron chi connectivity index (χ4n) is 3.64. The van der Waals surface area contributed by atoms with Crippen molar-refractivity contribution in [2.45, 2.75) is 38.7 Å². The van der Waals surface area contributed by atoms with Gasteiger partial charge in [0, 0.05) is 45.9 Å². The van der Waals surface area contributed by atoms with E-state index >= 15 is 0 Å². The van der Waals surface area contributed by atoms with Crippen molar-refractivity contribution >= 4 is 35.8 Å². The number of ether oxygens (including phenoxy) is 2. The second-order valence-electron chi connectivity index (χ2n) is 6.99. The maximum Gasteiger partial charge on any atom is 0.251 e. The van der Waals surface area contributed by atoms with Gasteiger partial charge in [0.1, 0.15) is 6.10 Å². The zero-order valence-electron chi connectivity index (χ0n) is 16.3. The smallest absolute Gasteiger partial charge is 0.251 e. The van der Waals surface area contributed by atoms with E-state index in [1.165, 1.54) is 5.57 Å². The molecular formula is C19H33IN4O3. The van der Waals surface area contributed by atoms with E-state index in [0.717, 1.165) is 90.7 Å². The van der Waals surface area contributed by atoms with Crippen molar-refractivity contribution < 1.29 is 14.3 Å².